The van der Waals surface area contributed by atoms with Crippen LogP contribution in [0.3, 0.4) is 0 Å². The number of carboxylic acids is 1. The number of carbonyl (C=O) groups is 2. The second kappa shape index (κ2) is 13.7. The lowest BCUT2D eigenvalue weighted by Crippen LogP contribution is -2.36. The van der Waals surface area contributed by atoms with E-state index in [0.29, 0.717) is 13.0 Å². The van der Waals surface area contributed by atoms with Gasteiger partial charge in [0.15, 0.2) is 0 Å². The number of hydrogen-bond acceptors (Lipinski definition) is 2. The molecule has 21 heavy (non-hydrogen) atoms. The van der Waals surface area contributed by atoms with Crippen LogP contribution in [0.5, 0.6) is 0 Å². The first-order valence-corrected chi connectivity index (χ1v) is 8.22. The van der Waals surface area contributed by atoms with Crippen LogP contribution in [0.25, 0.3) is 0 Å². The minimum Gasteiger partial charge on any atom is -0.480 e. The van der Waals surface area contributed by atoms with E-state index in [1.807, 2.05) is 6.08 Å². The second-order valence-corrected chi connectivity index (χ2v) is 5.51. The van der Waals surface area contributed by atoms with Gasteiger partial charge in [0, 0.05) is 13.0 Å². The maximum atomic E-state index is 12.0. The minimum atomic E-state index is -0.930. The van der Waals surface area contributed by atoms with Crippen molar-refractivity contribution in [2.24, 2.45) is 0 Å². The van der Waals surface area contributed by atoms with Crippen LogP contribution in [-0.2, 0) is 9.59 Å². The second-order valence-electron chi connectivity index (χ2n) is 5.51. The van der Waals surface area contributed by atoms with Crippen LogP contribution in [0.1, 0.15) is 71.1 Å². The molecule has 0 spiro atoms. The number of unbranched alkanes of at least 4 members (excludes halogenated alkanes) is 7. The summed E-state index contributed by atoms with van der Waals surface area (Å²) in [6.45, 7) is 6.23. The summed E-state index contributed by atoms with van der Waals surface area (Å²) in [5.41, 5.74) is 0. The monoisotopic (exact) mass is 297 g/mol. The molecule has 0 bridgehead atoms. The molecule has 0 saturated carbocycles. The van der Waals surface area contributed by atoms with E-state index in [0.717, 1.165) is 32.1 Å². The predicted octanol–water partition coefficient (Wildman–Crippen LogP) is 4.01. The molecule has 0 aromatic rings. The summed E-state index contributed by atoms with van der Waals surface area (Å²) in [7, 11) is 0. The average Bonchev–Trinajstić information content (AvgIpc) is 2.45. The highest BCUT2D eigenvalue weighted by molar-refractivity contribution is 5.81. The Bertz CT molecular complexity index is 302. The lowest BCUT2D eigenvalue weighted by atomic mass is 10.1. The molecular formula is C17H31NO3. The largest absolute Gasteiger partial charge is 0.480 e. The SMILES string of the molecule is C=CCCCCC(=O)N(CCCCCCCC)CC(=O)O. The average molecular weight is 297 g/mol. The fraction of sp³-hybridized carbons (Fsp3) is 0.765. The van der Waals surface area contributed by atoms with Gasteiger partial charge in [-0.05, 0) is 25.7 Å². The summed E-state index contributed by atoms with van der Waals surface area (Å²) in [5.74, 6) is -0.963. The molecule has 0 aliphatic heterocycles. The zero-order valence-corrected chi connectivity index (χ0v) is 13.5. The van der Waals surface area contributed by atoms with Gasteiger partial charge in [0.05, 0.1) is 0 Å². The van der Waals surface area contributed by atoms with Crippen molar-refractivity contribution in [2.75, 3.05) is 13.1 Å². The third-order valence-corrected chi connectivity index (χ3v) is 3.51. The summed E-state index contributed by atoms with van der Waals surface area (Å²) in [6, 6.07) is 0. The summed E-state index contributed by atoms with van der Waals surface area (Å²) < 4.78 is 0. The molecular weight excluding hydrogens is 266 g/mol. The van der Waals surface area contributed by atoms with Gasteiger partial charge in [-0.1, -0.05) is 45.1 Å². The van der Waals surface area contributed by atoms with Gasteiger partial charge in [-0.25, -0.2) is 0 Å². The smallest absolute Gasteiger partial charge is 0.323 e. The van der Waals surface area contributed by atoms with Crippen molar-refractivity contribution in [3.63, 3.8) is 0 Å². The molecule has 0 aromatic heterocycles. The maximum absolute atomic E-state index is 12.0. The fourth-order valence-corrected chi connectivity index (χ4v) is 2.26. The van der Waals surface area contributed by atoms with E-state index in [-0.39, 0.29) is 12.5 Å². The molecule has 0 saturated heterocycles. The Kier molecular flexibility index (Phi) is 12.8. The summed E-state index contributed by atoms with van der Waals surface area (Å²) in [5, 5.41) is 8.91. The Labute approximate surface area is 129 Å². The van der Waals surface area contributed by atoms with E-state index in [1.54, 1.807) is 0 Å². The molecule has 1 N–H and O–H groups in total. The predicted molar refractivity (Wildman–Crippen MR) is 86.3 cm³/mol. The Morgan fingerprint density at radius 3 is 2.33 bits per heavy atom. The van der Waals surface area contributed by atoms with E-state index >= 15 is 0 Å². The van der Waals surface area contributed by atoms with E-state index in [2.05, 4.69) is 13.5 Å². The van der Waals surface area contributed by atoms with Gasteiger partial charge < -0.3 is 10.0 Å². The molecule has 0 aromatic carbocycles. The van der Waals surface area contributed by atoms with Crippen LogP contribution in [0, 0.1) is 0 Å². The highest BCUT2D eigenvalue weighted by atomic mass is 16.4. The molecule has 0 aliphatic rings. The Morgan fingerprint density at radius 1 is 1.05 bits per heavy atom. The Hall–Kier alpha value is -1.32. The number of carboxylic acid groups (broad SMARTS) is 1. The van der Waals surface area contributed by atoms with Crippen molar-refractivity contribution in [1.82, 2.24) is 4.90 Å². The number of hydrogen-bond donors (Lipinski definition) is 1. The van der Waals surface area contributed by atoms with Crippen molar-refractivity contribution < 1.29 is 14.7 Å². The summed E-state index contributed by atoms with van der Waals surface area (Å²) in [4.78, 5) is 24.4. The fourth-order valence-electron chi connectivity index (χ4n) is 2.26. The lowest BCUT2D eigenvalue weighted by Gasteiger charge is -2.20. The van der Waals surface area contributed by atoms with Gasteiger partial charge in [-0.15, -0.1) is 6.58 Å². The van der Waals surface area contributed by atoms with Crippen molar-refractivity contribution in [3.8, 4) is 0 Å². The summed E-state index contributed by atoms with van der Waals surface area (Å²) in [6.07, 6.45) is 11.8. The highest BCUT2D eigenvalue weighted by Crippen LogP contribution is 2.08. The van der Waals surface area contributed by atoms with Crippen LogP contribution in [0.15, 0.2) is 12.7 Å². The molecule has 0 atom stereocenters. The zero-order valence-electron chi connectivity index (χ0n) is 13.5. The van der Waals surface area contributed by atoms with Gasteiger partial charge >= 0.3 is 5.97 Å². The van der Waals surface area contributed by atoms with E-state index < -0.39 is 5.97 Å². The topological polar surface area (TPSA) is 57.6 Å². The lowest BCUT2D eigenvalue weighted by molar-refractivity contribution is -0.144. The van der Waals surface area contributed by atoms with Crippen molar-refractivity contribution in [3.05, 3.63) is 12.7 Å². The van der Waals surface area contributed by atoms with E-state index in [9.17, 15) is 9.59 Å². The molecule has 0 unspecified atom stereocenters. The third-order valence-electron chi connectivity index (χ3n) is 3.51. The van der Waals surface area contributed by atoms with E-state index in [4.69, 9.17) is 5.11 Å². The van der Waals surface area contributed by atoms with Crippen molar-refractivity contribution in [2.45, 2.75) is 71.1 Å². The van der Waals surface area contributed by atoms with E-state index in [1.165, 1.54) is 30.6 Å². The minimum absolute atomic E-state index is 0.0324. The first-order chi connectivity index (χ1) is 10.1. The molecule has 1 amide bonds. The van der Waals surface area contributed by atoms with Gasteiger partial charge in [0.2, 0.25) is 5.91 Å². The quantitative estimate of drug-likeness (QED) is 0.389. The molecule has 4 heteroatoms. The molecule has 0 fully saturated rings. The van der Waals surface area contributed by atoms with Crippen LogP contribution < -0.4 is 0 Å². The highest BCUT2D eigenvalue weighted by Gasteiger charge is 2.15. The zero-order chi connectivity index (χ0) is 15.9. The first kappa shape index (κ1) is 19.7. The maximum Gasteiger partial charge on any atom is 0.323 e. The van der Waals surface area contributed by atoms with Crippen molar-refractivity contribution >= 4 is 11.9 Å². The van der Waals surface area contributed by atoms with Crippen LogP contribution in [0.2, 0.25) is 0 Å². The number of allylic oxidation sites excluding steroid dienone is 1. The van der Waals surface area contributed by atoms with Gasteiger partial charge in [0.1, 0.15) is 6.54 Å². The van der Waals surface area contributed by atoms with Gasteiger partial charge in [-0.2, -0.15) is 0 Å². The molecule has 0 rings (SSSR count). The normalized spacial score (nSPS) is 10.3. The molecule has 0 aliphatic carbocycles. The van der Waals surface area contributed by atoms with Crippen LogP contribution >= 0.6 is 0 Å². The Balaban J connectivity index is 3.97. The number of amides is 1. The van der Waals surface area contributed by atoms with Crippen LogP contribution in [0.4, 0.5) is 0 Å². The summed E-state index contributed by atoms with van der Waals surface area (Å²) >= 11 is 0. The standard InChI is InChI=1S/C17H31NO3/c1-3-5-7-9-10-12-14-18(15-17(20)21)16(19)13-11-8-6-4-2/h4H,2-3,5-15H2,1H3,(H,20,21). The number of nitrogens with zero attached hydrogens (tertiary/aromatic N) is 1. The van der Waals surface area contributed by atoms with Crippen molar-refractivity contribution in [1.29, 1.82) is 0 Å². The van der Waals surface area contributed by atoms with Crippen LogP contribution in [-0.4, -0.2) is 35.0 Å². The van der Waals surface area contributed by atoms with Gasteiger partial charge in [0.25, 0.3) is 0 Å². The Morgan fingerprint density at radius 2 is 1.71 bits per heavy atom. The van der Waals surface area contributed by atoms with Gasteiger partial charge in [-0.3, -0.25) is 9.59 Å². The third kappa shape index (κ3) is 12.2. The number of rotatable bonds is 14. The molecule has 4 nitrogen and oxygen atoms in total. The molecule has 122 valence electrons. The number of carbonyl (C=O) groups excluding carboxylic acids is 1. The number of aliphatic carboxylic acids is 1. The first-order valence-electron chi connectivity index (χ1n) is 8.22. The molecule has 0 radical (unpaired) electrons. The molecule has 0 heterocycles.